The fourth-order valence-electron chi connectivity index (χ4n) is 26.2. The summed E-state index contributed by atoms with van der Waals surface area (Å²) in [6, 6.07) is 189. The van der Waals surface area contributed by atoms with Gasteiger partial charge in [-0.15, -0.1) is 22.7 Å². The summed E-state index contributed by atoms with van der Waals surface area (Å²) in [4.78, 5) is 20.6. The summed E-state index contributed by atoms with van der Waals surface area (Å²) in [5.74, 6) is 1.90. The van der Waals surface area contributed by atoms with Crippen molar-refractivity contribution in [3.05, 3.63) is 599 Å². The van der Waals surface area contributed by atoms with Gasteiger partial charge < -0.3 is 0 Å². The van der Waals surface area contributed by atoms with Crippen LogP contribution in [-0.2, 0) is 21.7 Å². The number of rotatable bonds is 9. The Kier molecular flexibility index (Phi) is 18.2. The summed E-state index contributed by atoms with van der Waals surface area (Å²) >= 11 is 3.85. The van der Waals surface area contributed by atoms with Gasteiger partial charge in [0.05, 0.1) is 33.0 Å². The molecule has 0 saturated heterocycles. The molecule has 0 unspecified atom stereocenters. The van der Waals surface area contributed by atoms with Crippen molar-refractivity contribution >= 4 is 63.0 Å². The highest BCUT2D eigenvalue weighted by molar-refractivity contribution is 7.26. The third-order valence-corrected chi connectivity index (χ3v) is 34.4. The number of benzene rings is 21. The Morgan fingerprint density at radius 2 is 0.389 bits per heavy atom. The van der Waals surface area contributed by atoms with E-state index in [1.165, 1.54) is 191 Å². The Labute approximate surface area is 842 Å². The Morgan fingerprint density at radius 3 is 0.785 bits per heavy atom. The lowest BCUT2D eigenvalue weighted by atomic mass is 9.52. The van der Waals surface area contributed by atoms with Gasteiger partial charge in [0.15, 0.2) is 17.5 Å². The first-order valence-corrected chi connectivity index (χ1v) is 51.3. The highest BCUT2D eigenvalue weighted by atomic mass is 32.1. The zero-order valence-corrected chi connectivity index (χ0v) is 79.7. The van der Waals surface area contributed by atoms with Crippen LogP contribution in [0, 0.1) is 0 Å². The molecule has 668 valence electrons. The Balaban J connectivity index is 0.000000135. The second-order valence-electron chi connectivity index (χ2n) is 38.9. The molecule has 6 aliphatic rings. The lowest BCUT2D eigenvalue weighted by molar-refractivity contribution is 0.633. The number of aromatic nitrogens is 4. The molecule has 4 aromatic heterocycles. The van der Waals surface area contributed by atoms with Gasteiger partial charge in [-0.1, -0.05) is 467 Å². The standard InChI is InChI=1S/C71H43N3S.C67H41NS/c1-3-18-44(19-4-1)45-34-36-47(37-35-45)68-72-67(46-20-5-2-6-21-46)73-69(74-68)50-23-17-22-48(42-50)49-38-40-58-55(43-49)65-63(41-39-54-53-26-9-16-33-64(53)75-66(54)65)71(58)61-31-14-12-29-59(61)70(60-30-13-15-32-62(60)71)56-27-10-7-24-51(56)52-25-8-11-28-57(52)70;1-3-17-44(18-4-1)61-40-47(41-62(68-61)45-19-5-2-6-20-45)43-33-31-42(32-34-43)46-35-37-55-52(39-46)64-60(38-36-51-50-23-9-16-30-63(50)69-65(51)64)67(55)58-28-14-12-26-56(58)66(57-27-13-15-29-59(57)67)53-24-10-7-21-48(53)49-22-8-11-25-54(49)66/h1-43H;1-41H. The van der Waals surface area contributed by atoms with Crippen LogP contribution in [0.1, 0.15) is 89.0 Å². The number of nitrogens with zero attached hydrogens (tertiary/aromatic N) is 4. The van der Waals surface area contributed by atoms with E-state index in [-0.39, 0.29) is 0 Å². The van der Waals surface area contributed by atoms with Gasteiger partial charge in [-0.3, -0.25) is 0 Å². The van der Waals surface area contributed by atoms with Crippen LogP contribution in [0.4, 0.5) is 0 Å². The van der Waals surface area contributed by atoms with Crippen LogP contribution in [0.3, 0.4) is 0 Å². The van der Waals surface area contributed by atoms with E-state index in [9.17, 15) is 0 Å². The summed E-state index contributed by atoms with van der Waals surface area (Å²) in [5.41, 5.74) is 46.1. The molecule has 0 saturated carbocycles. The molecule has 0 amide bonds. The second-order valence-corrected chi connectivity index (χ2v) is 41.0. The van der Waals surface area contributed by atoms with E-state index in [0.717, 1.165) is 67.0 Å². The van der Waals surface area contributed by atoms with E-state index in [0.29, 0.717) is 17.5 Å². The number of hydrogen-bond acceptors (Lipinski definition) is 6. The fraction of sp³-hybridized carbons (Fsp3) is 0.0290. The lowest BCUT2D eigenvalue weighted by Crippen LogP contribution is -2.43. The summed E-state index contributed by atoms with van der Waals surface area (Å²) < 4.78 is 5.30. The maximum absolute atomic E-state index is 5.22. The summed E-state index contributed by atoms with van der Waals surface area (Å²) in [5, 5.41) is 5.24. The monoisotopic (exact) mass is 1860 g/mol. The molecule has 31 rings (SSSR count). The number of fused-ring (bicyclic) bond motifs is 40. The molecule has 0 atom stereocenters. The second kappa shape index (κ2) is 31.9. The molecule has 6 aliphatic carbocycles. The molecule has 4 heterocycles. The van der Waals surface area contributed by atoms with Crippen molar-refractivity contribution in [2.24, 2.45) is 0 Å². The Hall–Kier alpha value is -17.8. The van der Waals surface area contributed by atoms with Crippen molar-refractivity contribution < 1.29 is 0 Å². The Morgan fingerprint density at radius 1 is 0.139 bits per heavy atom. The summed E-state index contributed by atoms with van der Waals surface area (Å²) in [7, 11) is 0. The first-order chi connectivity index (χ1) is 71.4. The van der Waals surface area contributed by atoms with Crippen molar-refractivity contribution in [3.8, 4) is 146 Å². The zero-order valence-electron chi connectivity index (χ0n) is 78.1. The van der Waals surface area contributed by atoms with E-state index >= 15 is 0 Å². The van der Waals surface area contributed by atoms with E-state index in [1.807, 2.05) is 46.9 Å². The maximum atomic E-state index is 5.22. The molecular formula is C138H84N4S2. The van der Waals surface area contributed by atoms with Gasteiger partial charge in [-0.25, -0.2) is 19.9 Å². The average Bonchev–Trinajstić information content (AvgIpc) is 1.48. The van der Waals surface area contributed by atoms with Gasteiger partial charge in [0.2, 0.25) is 0 Å². The fourth-order valence-corrected chi connectivity index (χ4v) is 28.7. The SMILES string of the molecule is c1ccc(-c2cc(-c3ccc(-c4ccc5c(c4)-c4c(ccc6c4sc4ccccc46)C54c5ccccc5C5(c6ccccc6-c6ccccc65)c5ccccc54)cc3)cc(-c3ccccc3)n2)cc1.c1ccc(-c2ccc(-c3nc(-c4ccccc4)nc(-c4cccc(-c5ccc6c(c5)-c5c(ccc7c5sc5ccccc57)C65c6ccccc6C6(c7ccccc7-c7ccccc76)c6ccccc65)c4)n3)cc2)cc1. The van der Waals surface area contributed by atoms with Crippen molar-refractivity contribution in [2.45, 2.75) is 21.7 Å². The predicted octanol–water partition coefficient (Wildman–Crippen LogP) is 34.8. The zero-order chi connectivity index (χ0) is 94.5. The summed E-state index contributed by atoms with van der Waals surface area (Å²) in [6.07, 6.45) is 0. The predicted molar refractivity (Wildman–Crippen MR) is 595 cm³/mol. The van der Waals surface area contributed by atoms with E-state index < -0.39 is 21.7 Å². The normalized spacial score (nSPS) is 13.9. The molecule has 4 nitrogen and oxygen atoms in total. The van der Waals surface area contributed by atoms with Gasteiger partial charge in [0.25, 0.3) is 0 Å². The van der Waals surface area contributed by atoms with E-state index in [2.05, 4.69) is 485 Å². The number of thiophene rings is 2. The molecule has 0 fully saturated rings. The molecule has 25 aromatic rings. The molecule has 4 spiro atoms. The molecule has 0 bridgehead atoms. The number of hydrogen-bond donors (Lipinski definition) is 0. The van der Waals surface area contributed by atoms with Crippen LogP contribution in [-0.4, -0.2) is 19.9 Å². The van der Waals surface area contributed by atoms with Crippen LogP contribution < -0.4 is 0 Å². The quantitative estimate of drug-likeness (QED) is 0.145. The summed E-state index contributed by atoms with van der Waals surface area (Å²) in [6.45, 7) is 0. The average molecular weight is 1860 g/mol. The smallest absolute Gasteiger partial charge is 0.164 e. The van der Waals surface area contributed by atoms with Crippen LogP contribution in [0.2, 0.25) is 0 Å². The van der Waals surface area contributed by atoms with E-state index in [4.69, 9.17) is 19.9 Å². The van der Waals surface area contributed by atoms with Crippen molar-refractivity contribution in [1.29, 1.82) is 0 Å². The highest BCUT2D eigenvalue weighted by Gasteiger charge is 2.62. The molecule has 0 radical (unpaired) electrons. The minimum atomic E-state index is -0.602. The van der Waals surface area contributed by atoms with Crippen LogP contribution >= 0.6 is 22.7 Å². The largest absolute Gasteiger partial charge is 0.248 e. The molecule has 6 heteroatoms. The van der Waals surface area contributed by atoms with E-state index in [1.54, 1.807) is 0 Å². The number of pyridine rings is 1. The molecule has 144 heavy (non-hydrogen) atoms. The van der Waals surface area contributed by atoms with Gasteiger partial charge in [-0.05, 0) is 209 Å². The lowest BCUT2D eigenvalue weighted by Gasteiger charge is -2.48. The molecule has 0 N–H and O–H groups in total. The first-order valence-electron chi connectivity index (χ1n) is 49.7. The first kappa shape index (κ1) is 82.1. The third-order valence-electron chi connectivity index (χ3n) is 32.0. The van der Waals surface area contributed by atoms with Crippen molar-refractivity contribution in [3.63, 3.8) is 0 Å². The molecular weight excluding hydrogens is 1780 g/mol. The van der Waals surface area contributed by atoms with Crippen molar-refractivity contribution in [1.82, 2.24) is 19.9 Å². The molecule has 0 aliphatic heterocycles. The van der Waals surface area contributed by atoms with Crippen LogP contribution in [0.15, 0.2) is 510 Å². The Bertz CT molecular complexity index is 9410. The van der Waals surface area contributed by atoms with Gasteiger partial charge in [0, 0.05) is 79.3 Å². The van der Waals surface area contributed by atoms with Crippen LogP contribution in [0.5, 0.6) is 0 Å². The third kappa shape index (κ3) is 11.7. The van der Waals surface area contributed by atoms with Gasteiger partial charge in [-0.2, -0.15) is 0 Å². The van der Waals surface area contributed by atoms with Crippen LogP contribution in [0.25, 0.3) is 186 Å². The van der Waals surface area contributed by atoms with Crippen molar-refractivity contribution in [2.75, 3.05) is 0 Å². The minimum Gasteiger partial charge on any atom is -0.248 e. The van der Waals surface area contributed by atoms with Gasteiger partial charge in [0.1, 0.15) is 0 Å². The topological polar surface area (TPSA) is 51.6 Å². The molecule has 21 aromatic carbocycles. The maximum Gasteiger partial charge on any atom is 0.164 e. The van der Waals surface area contributed by atoms with Gasteiger partial charge >= 0.3 is 0 Å². The highest BCUT2D eigenvalue weighted by Crippen LogP contribution is 2.72. The minimum absolute atomic E-state index is 0.476.